The van der Waals surface area contributed by atoms with Crippen LogP contribution in [0, 0.1) is 0 Å². The Balaban J connectivity index is 3.42. The number of halogens is 1. The van der Waals surface area contributed by atoms with Crippen molar-refractivity contribution in [3.63, 3.8) is 0 Å². The van der Waals surface area contributed by atoms with Crippen LogP contribution in [0.25, 0.3) is 0 Å². The summed E-state index contributed by atoms with van der Waals surface area (Å²) >= 11 is 5.91. The SMILES string of the molecule is COP(=O)(OC)[C@@](C)(N[S@@](=O)C(C)(C)C)c1ccc(Cl)cc1. The van der Waals surface area contributed by atoms with Crippen molar-refractivity contribution < 1.29 is 17.8 Å². The van der Waals surface area contributed by atoms with Gasteiger partial charge in [0, 0.05) is 19.2 Å². The lowest BCUT2D eigenvalue weighted by atomic mass is 10.1. The van der Waals surface area contributed by atoms with Crippen LogP contribution in [-0.2, 0) is 29.9 Å². The summed E-state index contributed by atoms with van der Waals surface area (Å²) in [6.45, 7) is 7.11. The Morgan fingerprint density at radius 1 is 1.09 bits per heavy atom. The summed E-state index contributed by atoms with van der Waals surface area (Å²) in [5.74, 6) is 0. The fraction of sp³-hybridized carbons (Fsp3) is 0.571. The van der Waals surface area contributed by atoms with E-state index in [4.69, 9.17) is 20.6 Å². The smallest absolute Gasteiger partial charge is 0.310 e. The van der Waals surface area contributed by atoms with Crippen molar-refractivity contribution in [2.24, 2.45) is 0 Å². The maximum Gasteiger partial charge on any atom is 0.355 e. The maximum atomic E-state index is 13.0. The van der Waals surface area contributed by atoms with E-state index >= 15 is 0 Å². The molecule has 8 heteroatoms. The molecule has 0 aliphatic rings. The first-order valence-electron chi connectivity index (χ1n) is 6.67. The zero-order valence-electron chi connectivity index (χ0n) is 13.7. The predicted octanol–water partition coefficient (Wildman–Crippen LogP) is 4.05. The molecule has 0 fully saturated rings. The van der Waals surface area contributed by atoms with Crippen LogP contribution in [0.5, 0.6) is 0 Å². The molecule has 0 aliphatic heterocycles. The molecule has 1 aromatic rings. The van der Waals surface area contributed by atoms with E-state index < -0.39 is 28.6 Å². The Bertz CT molecular complexity index is 580. The van der Waals surface area contributed by atoms with E-state index in [1.807, 2.05) is 20.8 Å². The van der Waals surface area contributed by atoms with Crippen molar-refractivity contribution in [3.05, 3.63) is 34.9 Å². The van der Waals surface area contributed by atoms with Gasteiger partial charge in [-0.1, -0.05) is 23.7 Å². The third kappa shape index (κ3) is 3.99. The van der Waals surface area contributed by atoms with Crippen LogP contribution in [0.3, 0.4) is 0 Å². The summed E-state index contributed by atoms with van der Waals surface area (Å²) in [6, 6.07) is 6.76. The third-order valence-electron chi connectivity index (χ3n) is 3.28. The molecule has 1 rings (SSSR count). The molecule has 0 aromatic heterocycles. The molecule has 1 aromatic carbocycles. The number of benzene rings is 1. The molecule has 0 saturated heterocycles. The summed E-state index contributed by atoms with van der Waals surface area (Å²) in [5.41, 5.74) is 0.613. The average molecular weight is 368 g/mol. The second kappa shape index (κ2) is 7.12. The van der Waals surface area contributed by atoms with Gasteiger partial charge in [0.2, 0.25) is 0 Å². The molecule has 0 aliphatic carbocycles. The van der Waals surface area contributed by atoms with E-state index in [0.29, 0.717) is 10.6 Å². The number of nitrogens with one attached hydrogen (secondary N) is 1. The Kier molecular flexibility index (Phi) is 6.41. The summed E-state index contributed by atoms with van der Waals surface area (Å²) in [5, 5.41) is -0.730. The van der Waals surface area contributed by atoms with Gasteiger partial charge in [-0.25, -0.2) is 8.93 Å². The van der Waals surface area contributed by atoms with E-state index in [-0.39, 0.29) is 0 Å². The molecule has 1 N–H and O–H groups in total. The zero-order valence-corrected chi connectivity index (χ0v) is 16.1. The van der Waals surface area contributed by atoms with E-state index in [9.17, 15) is 8.77 Å². The molecule has 0 spiro atoms. The lowest BCUT2D eigenvalue weighted by Gasteiger charge is -2.37. The fourth-order valence-corrected chi connectivity index (χ4v) is 4.77. The molecule has 0 saturated carbocycles. The molecule has 0 bridgehead atoms. The van der Waals surface area contributed by atoms with E-state index in [0.717, 1.165) is 0 Å². The summed E-state index contributed by atoms with van der Waals surface area (Å²) in [7, 11) is -2.48. The van der Waals surface area contributed by atoms with Crippen LogP contribution in [0.4, 0.5) is 0 Å². The van der Waals surface area contributed by atoms with Crippen molar-refractivity contribution in [1.82, 2.24) is 4.72 Å². The van der Waals surface area contributed by atoms with Crippen molar-refractivity contribution in [2.75, 3.05) is 14.2 Å². The number of hydrogen-bond donors (Lipinski definition) is 1. The minimum atomic E-state index is -3.61. The molecule has 2 atom stereocenters. The fourth-order valence-electron chi connectivity index (χ4n) is 1.82. The van der Waals surface area contributed by atoms with Crippen LogP contribution < -0.4 is 4.72 Å². The highest BCUT2D eigenvalue weighted by molar-refractivity contribution is 7.84. The van der Waals surface area contributed by atoms with Gasteiger partial charge in [0.05, 0.1) is 15.7 Å². The first-order valence-corrected chi connectivity index (χ1v) is 9.74. The Hall–Kier alpha value is -0.230. The van der Waals surface area contributed by atoms with E-state index in [1.165, 1.54) is 14.2 Å². The van der Waals surface area contributed by atoms with Gasteiger partial charge in [-0.2, -0.15) is 0 Å². The van der Waals surface area contributed by atoms with Gasteiger partial charge < -0.3 is 9.05 Å². The van der Waals surface area contributed by atoms with Gasteiger partial charge in [0.1, 0.15) is 0 Å². The summed E-state index contributed by atoms with van der Waals surface area (Å²) in [6.07, 6.45) is 0. The highest BCUT2D eigenvalue weighted by Crippen LogP contribution is 2.62. The van der Waals surface area contributed by atoms with Gasteiger partial charge >= 0.3 is 7.60 Å². The second-order valence-electron chi connectivity index (χ2n) is 5.92. The molecule has 22 heavy (non-hydrogen) atoms. The first kappa shape index (κ1) is 19.8. The quantitative estimate of drug-likeness (QED) is 0.770. The van der Waals surface area contributed by atoms with Gasteiger partial charge in [-0.3, -0.25) is 4.57 Å². The van der Waals surface area contributed by atoms with Gasteiger partial charge in [-0.15, -0.1) is 0 Å². The second-order valence-corrected chi connectivity index (χ2v) is 10.9. The average Bonchev–Trinajstić information content (AvgIpc) is 2.45. The van der Waals surface area contributed by atoms with Gasteiger partial charge in [-0.05, 0) is 45.4 Å². The standard InChI is InChI=1S/C14H23ClNO4PS/c1-13(2,3)22(18)16-14(4,21(17,19-5)20-6)11-7-9-12(15)10-8-11/h7-10,16H,1-6H3/t14-,22+/m1/s1. The topological polar surface area (TPSA) is 64.6 Å². The first-order chi connectivity index (χ1) is 10.00. The monoisotopic (exact) mass is 367 g/mol. The largest absolute Gasteiger partial charge is 0.355 e. The number of rotatable bonds is 6. The maximum absolute atomic E-state index is 13.0. The molecule has 0 unspecified atom stereocenters. The minimum absolute atomic E-state index is 0.542. The van der Waals surface area contributed by atoms with Crippen LogP contribution >= 0.6 is 19.2 Å². The molecule has 0 heterocycles. The molecule has 126 valence electrons. The van der Waals surface area contributed by atoms with Crippen molar-refractivity contribution in [3.8, 4) is 0 Å². The van der Waals surface area contributed by atoms with Crippen LogP contribution in [0.15, 0.2) is 24.3 Å². The summed E-state index contributed by atoms with van der Waals surface area (Å²) < 4.78 is 38.3. The molecule has 0 amide bonds. The lowest BCUT2D eigenvalue weighted by Crippen LogP contribution is -2.46. The van der Waals surface area contributed by atoms with Crippen molar-refractivity contribution in [1.29, 1.82) is 0 Å². The van der Waals surface area contributed by atoms with Gasteiger partial charge in [0.15, 0.2) is 5.28 Å². The normalized spacial score (nSPS) is 17.0. The van der Waals surface area contributed by atoms with E-state index in [1.54, 1.807) is 31.2 Å². The highest BCUT2D eigenvalue weighted by atomic mass is 35.5. The summed E-state index contributed by atoms with van der Waals surface area (Å²) in [4.78, 5) is 0. The van der Waals surface area contributed by atoms with Crippen molar-refractivity contribution >= 4 is 30.2 Å². The van der Waals surface area contributed by atoms with Crippen LogP contribution in [0.2, 0.25) is 5.02 Å². The molecule has 5 nitrogen and oxygen atoms in total. The third-order valence-corrected chi connectivity index (χ3v) is 7.82. The van der Waals surface area contributed by atoms with Crippen LogP contribution in [0.1, 0.15) is 33.3 Å². The zero-order chi connectivity index (χ0) is 17.2. The van der Waals surface area contributed by atoms with E-state index in [2.05, 4.69) is 4.72 Å². The van der Waals surface area contributed by atoms with Crippen molar-refractivity contribution in [2.45, 2.75) is 37.7 Å². The molecular formula is C14H23ClNO4PS. The lowest BCUT2D eigenvalue weighted by molar-refractivity contribution is 0.244. The highest BCUT2D eigenvalue weighted by Gasteiger charge is 2.49. The Morgan fingerprint density at radius 3 is 1.91 bits per heavy atom. The molecular weight excluding hydrogens is 345 g/mol. The van der Waals surface area contributed by atoms with Gasteiger partial charge in [0.25, 0.3) is 0 Å². The molecule has 0 radical (unpaired) electrons. The minimum Gasteiger partial charge on any atom is -0.310 e. The Labute approximate surface area is 139 Å². The van der Waals surface area contributed by atoms with Crippen LogP contribution in [-0.4, -0.2) is 23.2 Å². The predicted molar refractivity (Wildman–Crippen MR) is 91.5 cm³/mol. The Morgan fingerprint density at radius 2 is 1.55 bits per heavy atom. The number of hydrogen-bond acceptors (Lipinski definition) is 4.